The molecule has 2 aromatic heterocycles. The van der Waals surface area contributed by atoms with Gasteiger partial charge >= 0.3 is 5.69 Å². The SMILES string of the molecule is Cc1ccc(C)c(-n2c(Cc3cc(=O)[nH]c(=O)[nH]3)nnc2SCc2ccc(Br)cc2)c1. The molecule has 0 unspecified atom stereocenters. The summed E-state index contributed by atoms with van der Waals surface area (Å²) in [6, 6.07) is 15.7. The lowest BCUT2D eigenvalue weighted by Gasteiger charge is -2.14. The molecule has 0 aliphatic heterocycles. The van der Waals surface area contributed by atoms with E-state index in [0.717, 1.165) is 32.2 Å². The zero-order valence-electron chi connectivity index (χ0n) is 17.0. The topological polar surface area (TPSA) is 96.4 Å². The van der Waals surface area contributed by atoms with Gasteiger partial charge in [-0.25, -0.2) is 4.79 Å². The quantitative estimate of drug-likeness (QED) is 0.393. The largest absolute Gasteiger partial charge is 0.325 e. The molecule has 0 saturated carbocycles. The van der Waals surface area contributed by atoms with Crippen LogP contribution >= 0.6 is 27.7 Å². The van der Waals surface area contributed by atoms with Crippen LogP contribution in [-0.4, -0.2) is 24.7 Å². The highest BCUT2D eigenvalue weighted by Gasteiger charge is 2.17. The molecule has 158 valence electrons. The first-order valence-corrected chi connectivity index (χ1v) is 11.4. The van der Waals surface area contributed by atoms with E-state index in [1.807, 2.05) is 30.5 Å². The number of nitrogens with one attached hydrogen (secondary N) is 2. The van der Waals surface area contributed by atoms with E-state index in [9.17, 15) is 9.59 Å². The van der Waals surface area contributed by atoms with E-state index >= 15 is 0 Å². The third kappa shape index (κ3) is 5.05. The number of H-pyrrole nitrogens is 2. The van der Waals surface area contributed by atoms with Gasteiger partial charge in [0.2, 0.25) is 0 Å². The summed E-state index contributed by atoms with van der Waals surface area (Å²) in [5.41, 5.74) is 3.85. The first-order chi connectivity index (χ1) is 14.9. The molecule has 0 spiro atoms. The van der Waals surface area contributed by atoms with Gasteiger partial charge in [-0.3, -0.25) is 14.3 Å². The second-order valence-corrected chi connectivity index (χ2v) is 9.09. The lowest BCUT2D eigenvalue weighted by molar-refractivity contribution is 0.823. The summed E-state index contributed by atoms with van der Waals surface area (Å²) < 4.78 is 3.04. The Hall–Kier alpha value is -2.91. The number of nitrogens with zero attached hydrogens (tertiary/aromatic N) is 3. The molecule has 0 atom stereocenters. The molecule has 0 aliphatic rings. The number of hydrogen-bond acceptors (Lipinski definition) is 5. The molecular weight excluding hydrogens is 478 g/mol. The number of rotatable bonds is 6. The van der Waals surface area contributed by atoms with Crippen LogP contribution < -0.4 is 11.2 Å². The maximum absolute atomic E-state index is 11.7. The van der Waals surface area contributed by atoms with Crippen LogP contribution in [0.4, 0.5) is 0 Å². The minimum atomic E-state index is -0.537. The van der Waals surface area contributed by atoms with E-state index in [1.54, 1.807) is 11.8 Å². The Kier molecular flexibility index (Phi) is 6.24. The van der Waals surface area contributed by atoms with E-state index < -0.39 is 11.2 Å². The number of aromatic nitrogens is 5. The molecule has 4 rings (SSSR count). The van der Waals surface area contributed by atoms with Gasteiger partial charge in [0.25, 0.3) is 5.56 Å². The van der Waals surface area contributed by atoms with Crippen molar-refractivity contribution in [3.8, 4) is 5.69 Å². The number of hydrogen-bond donors (Lipinski definition) is 2. The summed E-state index contributed by atoms with van der Waals surface area (Å²) in [6.45, 7) is 4.08. The summed E-state index contributed by atoms with van der Waals surface area (Å²) >= 11 is 5.05. The number of aryl methyl sites for hydroxylation is 2. The van der Waals surface area contributed by atoms with Gasteiger partial charge in [0.15, 0.2) is 5.16 Å². The Balaban J connectivity index is 1.74. The van der Waals surface area contributed by atoms with Gasteiger partial charge in [0.1, 0.15) is 5.82 Å². The smallest absolute Gasteiger partial charge is 0.311 e. The van der Waals surface area contributed by atoms with Gasteiger partial charge in [-0.05, 0) is 48.7 Å². The highest BCUT2D eigenvalue weighted by molar-refractivity contribution is 9.10. The van der Waals surface area contributed by atoms with Gasteiger partial charge in [0, 0.05) is 28.4 Å². The lowest BCUT2D eigenvalue weighted by Crippen LogP contribution is -2.23. The average Bonchev–Trinajstić information content (AvgIpc) is 3.11. The number of halogens is 1. The molecule has 0 saturated heterocycles. The molecule has 0 radical (unpaired) electrons. The molecule has 4 aromatic rings. The molecule has 2 N–H and O–H groups in total. The van der Waals surface area contributed by atoms with Crippen molar-refractivity contribution in [2.45, 2.75) is 31.2 Å². The second kappa shape index (κ2) is 9.07. The van der Waals surface area contributed by atoms with Crippen LogP contribution in [0.2, 0.25) is 0 Å². The molecule has 9 heteroatoms. The van der Waals surface area contributed by atoms with Gasteiger partial charge < -0.3 is 4.98 Å². The fraction of sp³-hybridized carbons (Fsp3) is 0.182. The summed E-state index contributed by atoms with van der Waals surface area (Å²) in [4.78, 5) is 28.3. The Bertz CT molecular complexity index is 1310. The third-order valence-corrected chi connectivity index (χ3v) is 6.28. The van der Waals surface area contributed by atoms with Crippen LogP contribution in [-0.2, 0) is 12.2 Å². The van der Waals surface area contributed by atoms with E-state index in [2.05, 4.69) is 66.4 Å². The van der Waals surface area contributed by atoms with Crippen molar-refractivity contribution in [2.24, 2.45) is 0 Å². The fourth-order valence-electron chi connectivity index (χ4n) is 3.22. The highest BCUT2D eigenvalue weighted by atomic mass is 79.9. The lowest BCUT2D eigenvalue weighted by atomic mass is 10.1. The maximum Gasteiger partial charge on any atom is 0.325 e. The van der Waals surface area contributed by atoms with Crippen LogP contribution in [0.15, 0.2) is 67.7 Å². The van der Waals surface area contributed by atoms with Gasteiger partial charge in [-0.15, -0.1) is 10.2 Å². The van der Waals surface area contributed by atoms with E-state index in [0.29, 0.717) is 11.5 Å². The molecule has 0 fully saturated rings. The predicted molar refractivity (Wildman–Crippen MR) is 125 cm³/mol. The van der Waals surface area contributed by atoms with Crippen molar-refractivity contribution in [3.05, 3.63) is 102 Å². The highest BCUT2D eigenvalue weighted by Crippen LogP contribution is 2.28. The fourth-order valence-corrected chi connectivity index (χ4v) is 4.41. The second-order valence-electron chi connectivity index (χ2n) is 7.23. The Morgan fingerprint density at radius 1 is 1.00 bits per heavy atom. The number of aromatic amines is 2. The van der Waals surface area contributed by atoms with Crippen molar-refractivity contribution < 1.29 is 0 Å². The van der Waals surface area contributed by atoms with Crippen LogP contribution in [0.5, 0.6) is 0 Å². The predicted octanol–water partition coefficient (Wildman–Crippen LogP) is 3.91. The zero-order valence-corrected chi connectivity index (χ0v) is 19.4. The van der Waals surface area contributed by atoms with Crippen molar-refractivity contribution in [1.82, 2.24) is 24.7 Å². The Morgan fingerprint density at radius 3 is 2.52 bits per heavy atom. The minimum Gasteiger partial charge on any atom is -0.311 e. The molecule has 0 amide bonds. The molecule has 7 nitrogen and oxygen atoms in total. The van der Waals surface area contributed by atoms with Crippen LogP contribution in [0.1, 0.15) is 28.2 Å². The van der Waals surface area contributed by atoms with E-state index in [-0.39, 0.29) is 6.42 Å². The van der Waals surface area contributed by atoms with Crippen molar-refractivity contribution in [2.75, 3.05) is 0 Å². The standard InChI is InChI=1S/C22H20BrN5O2S/c1-13-3-4-14(2)18(9-13)28-19(10-17-11-20(29)25-21(30)24-17)26-27-22(28)31-12-15-5-7-16(23)8-6-15/h3-9,11H,10,12H2,1-2H3,(H2,24,25,29,30). The number of benzene rings is 2. The molecule has 2 aromatic carbocycles. The van der Waals surface area contributed by atoms with Gasteiger partial charge in [0.05, 0.1) is 5.69 Å². The Labute approximate surface area is 191 Å². The van der Waals surface area contributed by atoms with Crippen LogP contribution in [0, 0.1) is 13.8 Å². The Morgan fingerprint density at radius 2 is 1.77 bits per heavy atom. The first-order valence-electron chi connectivity index (χ1n) is 9.61. The summed E-state index contributed by atoms with van der Waals surface area (Å²) in [5, 5.41) is 9.57. The number of thioether (sulfide) groups is 1. The molecule has 0 bridgehead atoms. The van der Waals surface area contributed by atoms with Crippen LogP contribution in [0.3, 0.4) is 0 Å². The summed E-state index contributed by atoms with van der Waals surface area (Å²) in [6.07, 6.45) is 0.276. The molecular formula is C22H20BrN5O2S. The first kappa shape index (κ1) is 21.3. The monoisotopic (exact) mass is 497 g/mol. The van der Waals surface area contributed by atoms with E-state index in [1.165, 1.54) is 11.6 Å². The maximum atomic E-state index is 11.7. The van der Waals surface area contributed by atoms with Crippen molar-refractivity contribution in [3.63, 3.8) is 0 Å². The van der Waals surface area contributed by atoms with Gasteiger partial charge in [-0.1, -0.05) is 52.0 Å². The minimum absolute atomic E-state index is 0.276. The zero-order chi connectivity index (χ0) is 22.0. The molecule has 2 heterocycles. The summed E-state index contributed by atoms with van der Waals surface area (Å²) in [7, 11) is 0. The third-order valence-electron chi connectivity index (χ3n) is 4.75. The van der Waals surface area contributed by atoms with E-state index in [4.69, 9.17) is 0 Å². The van der Waals surface area contributed by atoms with Crippen LogP contribution in [0.25, 0.3) is 5.69 Å². The van der Waals surface area contributed by atoms with Gasteiger partial charge in [-0.2, -0.15) is 0 Å². The normalized spacial score (nSPS) is 11.1. The van der Waals surface area contributed by atoms with Crippen molar-refractivity contribution in [1.29, 1.82) is 0 Å². The molecule has 31 heavy (non-hydrogen) atoms. The van der Waals surface area contributed by atoms with Crippen molar-refractivity contribution >= 4 is 27.7 Å². The molecule has 0 aliphatic carbocycles. The average molecular weight is 498 g/mol. The summed E-state index contributed by atoms with van der Waals surface area (Å²) in [5.74, 6) is 1.38.